The number of amides is 2. The lowest BCUT2D eigenvalue weighted by Gasteiger charge is -2.34. The molecule has 0 saturated heterocycles. The number of furan rings is 1. The molecule has 2 amide bonds. The summed E-state index contributed by atoms with van der Waals surface area (Å²) in [7, 11) is 0. The second kappa shape index (κ2) is 10.1. The van der Waals surface area contributed by atoms with Gasteiger partial charge >= 0.3 is 0 Å². The Balaban J connectivity index is 1.75. The molecule has 3 heterocycles. The van der Waals surface area contributed by atoms with Crippen molar-refractivity contribution in [2.45, 2.75) is 59.7 Å². The first kappa shape index (κ1) is 25.3. The molecule has 10 heteroatoms. The van der Waals surface area contributed by atoms with Crippen molar-refractivity contribution < 1.29 is 14.0 Å². The number of carbonyl (C=O) groups is 2. The Kier molecular flexibility index (Phi) is 7.07. The first-order valence-corrected chi connectivity index (χ1v) is 12.5. The molecule has 0 aliphatic carbocycles. The Hall–Kier alpha value is -3.79. The zero-order valence-corrected chi connectivity index (χ0v) is 22.1. The van der Waals surface area contributed by atoms with E-state index >= 15 is 0 Å². The normalized spacial score (nSPS) is 12.4. The number of tetrazole rings is 1. The lowest BCUT2D eigenvalue weighted by molar-refractivity contribution is -0.128. The lowest BCUT2D eigenvalue weighted by atomic mass is 10.0. The molecule has 0 fully saturated rings. The molecule has 0 aliphatic heterocycles. The summed E-state index contributed by atoms with van der Waals surface area (Å²) >= 11 is 1.43. The van der Waals surface area contributed by atoms with Crippen LogP contribution in [0.5, 0.6) is 0 Å². The largest absolute Gasteiger partial charge is 0.458 e. The van der Waals surface area contributed by atoms with Gasteiger partial charge in [-0.25, -0.2) is 0 Å². The van der Waals surface area contributed by atoms with Crippen LogP contribution in [0.15, 0.2) is 52.3 Å². The second-order valence-electron chi connectivity index (χ2n) is 9.69. The summed E-state index contributed by atoms with van der Waals surface area (Å²) < 4.78 is 5.57. The van der Waals surface area contributed by atoms with Crippen LogP contribution in [-0.4, -0.2) is 37.6 Å². The standard InChI is InChI=1S/C26H30N6O3S/c1-16-9-7-10-19(18(16)3)32(23(21-11-8-14-36-21)25(34)27-26(4,5)6)22(33)15-31-29-24(28-30-31)20-13-12-17(2)35-20/h7-14,23H,15H2,1-6H3,(H,27,34)/t23-/m1/s1. The quantitative estimate of drug-likeness (QED) is 0.392. The molecule has 4 rings (SSSR count). The number of anilines is 1. The van der Waals surface area contributed by atoms with E-state index in [1.165, 1.54) is 16.1 Å². The number of carbonyl (C=O) groups excluding carboxylic acids is 2. The fraction of sp³-hybridized carbons (Fsp3) is 0.346. The van der Waals surface area contributed by atoms with Gasteiger partial charge in [-0.2, -0.15) is 4.80 Å². The van der Waals surface area contributed by atoms with Gasteiger partial charge < -0.3 is 9.73 Å². The van der Waals surface area contributed by atoms with Crippen molar-refractivity contribution in [2.24, 2.45) is 0 Å². The van der Waals surface area contributed by atoms with Gasteiger partial charge in [-0.3, -0.25) is 14.5 Å². The maximum atomic E-state index is 13.9. The summed E-state index contributed by atoms with van der Waals surface area (Å²) in [6.45, 7) is 11.3. The van der Waals surface area contributed by atoms with E-state index in [4.69, 9.17) is 4.42 Å². The predicted octanol–water partition coefficient (Wildman–Crippen LogP) is 4.61. The molecular weight excluding hydrogens is 476 g/mol. The number of nitrogens with zero attached hydrogens (tertiary/aromatic N) is 5. The molecule has 0 spiro atoms. The molecule has 0 aliphatic rings. The Bertz CT molecular complexity index is 1370. The van der Waals surface area contributed by atoms with Gasteiger partial charge in [-0.1, -0.05) is 18.2 Å². The van der Waals surface area contributed by atoms with Gasteiger partial charge in [0, 0.05) is 16.1 Å². The maximum absolute atomic E-state index is 13.9. The smallest absolute Gasteiger partial charge is 0.251 e. The third-order valence-electron chi connectivity index (χ3n) is 5.61. The topological polar surface area (TPSA) is 106 Å². The van der Waals surface area contributed by atoms with E-state index in [0.29, 0.717) is 11.4 Å². The van der Waals surface area contributed by atoms with Crippen LogP contribution in [0.1, 0.15) is 48.6 Å². The summed E-state index contributed by atoms with van der Waals surface area (Å²) in [6.07, 6.45) is 0. The minimum absolute atomic E-state index is 0.204. The minimum Gasteiger partial charge on any atom is -0.458 e. The molecule has 1 atom stereocenters. The molecular formula is C26H30N6O3S. The zero-order valence-electron chi connectivity index (χ0n) is 21.3. The van der Waals surface area contributed by atoms with Crippen LogP contribution in [-0.2, 0) is 16.1 Å². The van der Waals surface area contributed by atoms with Gasteiger partial charge in [0.05, 0.1) is 0 Å². The number of hydrogen-bond acceptors (Lipinski definition) is 7. The van der Waals surface area contributed by atoms with E-state index in [1.54, 1.807) is 11.0 Å². The maximum Gasteiger partial charge on any atom is 0.251 e. The van der Waals surface area contributed by atoms with Crippen LogP contribution >= 0.6 is 11.3 Å². The summed E-state index contributed by atoms with van der Waals surface area (Å²) in [4.78, 5) is 31.1. The van der Waals surface area contributed by atoms with Crippen molar-refractivity contribution >= 4 is 28.8 Å². The van der Waals surface area contributed by atoms with Crippen LogP contribution in [0, 0.1) is 20.8 Å². The molecule has 0 radical (unpaired) electrons. The fourth-order valence-electron chi connectivity index (χ4n) is 3.83. The lowest BCUT2D eigenvalue weighted by Crippen LogP contribution is -2.50. The van der Waals surface area contributed by atoms with Crippen molar-refractivity contribution in [2.75, 3.05) is 4.90 Å². The van der Waals surface area contributed by atoms with E-state index in [2.05, 4.69) is 20.7 Å². The average molecular weight is 507 g/mol. The van der Waals surface area contributed by atoms with Gasteiger partial charge in [0.15, 0.2) is 5.76 Å². The Morgan fingerprint density at radius 3 is 2.53 bits per heavy atom. The van der Waals surface area contributed by atoms with Crippen LogP contribution < -0.4 is 10.2 Å². The molecule has 9 nitrogen and oxygen atoms in total. The van der Waals surface area contributed by atoms with E-state index in [-0.39, 0.29) is 24.2 Å². The fourth-order valence-corrected chi connectivity index (χ4v) is 4.65. The Labute approximate surface area is 214 Å². The van der Waals surface area contributed by atoms with Crippen LogP contribution in [0.3, 0.4) is 0 Å². The summed E-state index contributed by atoms with van der Waals surface area (Å²) in [5.41, 5.74) is 2.10. The second-order valence-corrected chi connectivity index (χ2v) is 10.7. The number of benzene rings is 1. The Morgan fingerprint density at radius 2 is 1.89 bits per heavy atom. The predicted molar refractivity (Wildman–Crippen MR) is 139 cm³/mol. The number of aromatic nitrogens is 4. The van der Waals surface area contributed by atoms with Crippen molar-refractivity contribution in [3.05, 3.63) is 69.6 Å². The zero-order chi connectivity index (χ0) is 26.0. The number of aryl methyl sites for hydroxylation is 2. The number of rotatable bonds is 7. The molecule has 0 saturated carbocycles. The van der Waals surface area contributed by atoms with E-state index < -0.39 is 11.6 Å². The number of thiophene rings is 1. The highest BCUT2D eigenvalue weighted by molar-refractivity contribution is 7.10. The van der Waals surface area contributed by atoms with Crippen LogP contribution in [0.4, 0.5) is 5.69 Å². The first-order valence-electron chi connectivity index (χ1n) is 11.6. The molecule has 0 bridgehead atoms. The van der Waals surface area contributed by atoms with Gasteiger partial charge in [0.1, 0.15) is 18.3 Å². The van der Waals surface area contributed by atoms with Crippen LogP contribution in [0.2, 0.25) is 0 Å². The molecule has 188 valence electrons. The SMILES string of the molecule is Cc1ccc(-c2nnn(CC(=O)N(c3cccc(C)c3C)[C@@H](C(=O)NC(C)(C)C)c3cccs3)n2)o1. The molecule has 0 unspecified atom stereocenters. The average Bonchev–Trinajstić information content (AvgIpc) is 3.55. The minimum atomic E-state index is -0.868. The number of nitrogens with one attached hydrogen (secondary N) is 1. The van der Waals surface area contributed by atoms with E-state index in [9.17, 15) is 9.59 Å². The highest BCUT2D eigenvalue weighted by Gasteiger charge is 2.36. The molecule has 1 aromatic carbocycles. The first-order chi connectivity index (χ1) is 17.0. The van der Waals surface area contributed by atoms with Gasteiger partial charge in [0.2, 0.25) is 11.7 Å². The summed E-state index contributed by atoms with van der Waals surface area (Å²) in [5, 5.41) is 17.4. The van der Waals surface area contributed by atoms with E-state index in [1.807, 2.05) is 83.3 Å². The highest BCUT2D eigenvalue weighted by atomic mass is 32.1. The van der Waals surface area contributed by atoms with Gasteiger partial charge in [0.25, 0.3) is 5.91 Å². The summed E-state index contributed by atoms with van der Waals surface area (Å²) in [5.74, 6) is 0.874. The monoisotopic (exact) mass is 506 g/mol. The highest BCUT2D eigenvalue weighted by Crippen LogP contribution is 2.34. The van der Waals surface area contributed by atoms with Crippen molar-refractivity contribution in [1.82, 2.24) is 25.5 Å². The van der Waals surface area contributed by atoms with Crippen LogP contribution in [0.25, 0.3) is 11.6 Å². The van der Waals surface area contributed by atoms with Crippen molar-refractivity contribution in [3.8, 4) is 11.6 Å². The molecule has 3 aromatic heterocycles. The number of hydrogen-bond donors (Lipinski definition) is 1. The van der Waals surface area contributed by atoms with E-state index in [0.717, 1.165) is 21.8 Å². The summed E-state index contributed by atoms with van der Waals surface area (Å²) in [6, 6.07) is 12.2. The molecule has 4 aromatic rings. The molecule has 36 heavy (non-hydrogen) atoms. The van der Waals surface area contributed by atoms with Crippen molar-refractivity contribution in [3.63, 3.8) is 0 Å². The Morgan fingerprint density at radius 1 is 1.11 bits per heavy atom. The van der Waals surface area contributed by atoms with Crippen molar-refractivity contribution in [1.29, 1.82) is 0 Å². The third kappa shape index (κ3) is 5.54. The molecule has 1 N–H and O–H groups in total. The van der Waals surface area contributed by atoms with Gasteiger partial charge in [-0.05, 0) is 87.5 Å². The van der Waals surface area contributed by atoms with Gasteiger partial charge in [-0.15, -0.1) is 21.5 Å². The third-order valence-corrected chi connectivity index (χ3v) is 6.54.